The highest BCUT2D eigenvalue weighted by molar-refractivity contribution is 7.09. The summed E-state index contributed by atoms with van der Waals surface area (Å²) < 4.78 is 10.9. The Morgan fingerprint density at radius 2 is 2.32 bits per heavy atom. The number of nitrogens with one attached hydrogen (secondary N) is 2. The van der Waals surface area contributed by atoms with Crippen molar-refractivity contribution in [2.24, 2.45) is 0 Å². The first-order valence-corrected chi connectivity index (χ1v) is 10.0. The van der Waals surface area contributed by atoms with Crippen LogP contribution >= 0.6 is 11.3 Å². The van der Waals surface area contributed by atoms with Crippen LogP contribution in [0, 0.1) is 10.1 Å². The number of nitrogens with zero attached hydrogens (tertiary/aromatic N) is 1. The van der Waals surface area contributed by atoms with Crippen LogP contribution in [0.2, 0.25) is 0 Å². The molecule has 2 atom stereocenters. The monoisotopic (exact) mass is 406 g/mol. The van der Waals surface area contributed by atoms with Crippen LogP contribution < -0.4 is 15.0 Å². The number of hydrogen-bond acceptors (Lipinski definition) is 6. The van der Waals surface area contributed by atoms with Gasteiger partial charge in [0.2, 0.25) is 0 Å². The van der Waals surface area contributed by atoms with Crippen LogP contribution in [-0.4, -0.2) is 43.7 Å². The van der Waals surface area contributed by atoms with Crippen molar-refractivity contribution in [3.05, 3.63) is 50.7 Å². The van der Waals surface area contributed by atoms with Gasteiger partial charge in [-0.1, -0.05) is 6.07 Å². The largest absolute Gasteiger partial charge is 0.494 e. The third-order valence-corrected chi connectivity index (χ3v) is 5.50. The van der Waals surface area contributed by atoms with Gasteiger partial charge >= 0.3 is 0 Å². The Kier molecular flexibility index (Phi) is 6.96. The van der Waals surface area contributed by atoms with Crippen LogP contribution in [0.1, 0.15) is 17.7 Å². The van der Waals surface area contributed by atoms with E-state index >= 15 is 0 Å². The molecular formula is C19H24N3O5S+. The van der Waals surface area contributed by atoms with Crippen molar-refractivity contribution in [2.45, 2.75) is 25.5 Å². The number of methoxy groups -OCH3 is 1. The van der Waals surface area contributed by atoms with Crippen LogP contribution in [0.3, 0.4) is 0 Å². The quantitative estimate of drug-likeness (QED) is 0.490. The van der Waals surface area contributed by atoms with E-state index in [1.807, 2.05) is 11.4 Å². The molecule has 150 valence electrons. The molecule has 2 N–H and O–H groups in total. The maximum atomic E-state index is 12.7. The summed E-state index contributed by atoms with van der Waals surface area (Å²) in [5.41, 5.74) is 0.337. The number of non-ortho nitro benzene ring substituents is 1. The lowest BCUT2D eigenvalue weighted by Gasteiger charge is -2.21. The normalized spacial score (nSPS) is 17.2. The molecule has 2 heterocycles. The van der Waals surface area contributed by atoms with E-state index in [1.165, 1.54) is 30.2 Å². The highest BCUT2D eigenvalue weighted by Gasteiger charge is 2.25. The molecule has 2 aromatic rings. The van der Waals surface area contributed by atoms with Crippen LogP contribution in [0.15, 0.2) is 35.7 Å². The zero-order valence-corrected chi connectivity index (χ0v) is 16.5. The molecule has 1 saturated heterocycles. The highest BCUT2D eigenvalue weighted by Crippen LogP contribution is 2.28. The van der Waals surface area contributed by atoms with Crippen molar-refractivity contribution in [1.82, 2.24) is 0 Å². The van der Waals surface area contributed by atoms with Crippen molar-refractivity contribution < 1.29 is 24.1 Å². The Hall–Kier alpha value is -2.49. The molecule has 9 heteroatoms. The van der Waals surface area contributed by atoms with Crippen molar-refractivity contribution in [1.29, 1.82) is 0 Å². The molecule has 1 amide bonds. The average Bonchev–Trinajstić information content (AvgIpc) is 3.36. The third-order valence-electron chi connectivity index (χ3n) is 4.63. The minimum absolute atomic E-state index is 0.0850. The number of nitro groups is 1. The van der Waals surface area contributed by atoms with Gasteiger partial charge in [0, 0.05) is 12.7 Å². The van der Waals surface area contributed by atoms with E-state index in [-0.39, 0.29) is 30.0 Å². The average molecular weight is 406 g/mol. The summed E-state index contributed by atoms with van der Waals surface area (Å²) in [6.07, 6.45) is 2.26. The number of benzene rings is 1. The second kappa shape index (κ2) is 9.63. The van der Waals surface area contributed by atoms with E-state index in [2.05, 4.69) is 11.4 Å². The van der Waals surface area contributed by atoms with Crippen molar-refractivity contribution in [2.75, 3.05) is 32.1 Å². The number of rotatable bonds is 9. The van der Waals surface area contributed by atoms with Gasteiger partial charge in [0.25, 0.3) is 11.6 Å². The van der Waals surface area contributed by atoms with Gasteiger partial charge in [-0.15, -0.1) is 11.3 Å². The first-order chi connectivity index (χ1) is 13.5. The first-order valence-electron chi connectivity index (χ1n) is 9.15. The van der Waals surface area contributed by atoms with Gasteiger partial charge in [-0.05, 0) is 30.4 Å². The number of thiophene rings is 1. The van der Waals surface area contributed by atoms with E-state index in [9.17, 15) is 14.9 Å². The summed E-state index contributed by atoms with van der Waals surface area (Å²) in [5.74, 6) is 0.0955. The summed E-state index contributed by atoms with van der Waals surface area (Å²) in [7, 11) is 1.42. The van der Waals surface area contributed by atoms with Crippen LogP contribution in [0.5, 0.6) is 5.75 Å². The summed E-state index contributed by atoms with van der Waals surface area (Å²) in [6, 6.07) is 8.22. The smallest absolute Gasteiger partial charge is 0.279 e. The molecule has 28 heavy (non-hydrogen) atoms. The Morgan fingerprint density at radius 3 is 2.96 bits per heavy atom. The van der Waals surface area contributed by atoms with E-state index in [1.54, 1.807) is 11.3 Å². The van der Waals surface area contributed by atoms with Gasteiger partial charge in [-0.3, -0.25) is 14.9 Å². The summed E-state index contributed by atoms with van der Waals surface area (Å²) in [6.45, 7) is 2.58. The lowest BCUT2D eigenvalue weighted by atomic mass is 10.2. The molecule has 0 radical (unpaired) electrons. The maximum absolute atomic E-state index is 12.7. The van der Waals surface area contributed by atoms with Crippen molar-refractivity contribution in [3.63, 3.8) is 0 Å². The number of nitro benzene ring substituents is 1. The van der Waals surface area contributed by atoms with Crippen LogP contribution in [-0.2, 0) is 16.1 Å². The Bertz CT molecular complexity index is 806. The minimum atomic E-state index is -0.497. The molecule has 3 rings (SSSR count). The number of ether oxygens (including phenoxy) is 2. The number of quaternary nitrogens is 1. The summed E-state index contributed by atoms with van der Waals surface area (Å²) in [4.78, 5) is 25.4. The number of carbonyl (C=O) groups is 1. The molecule has 1 fully saturated rings. The summed E-state index contributed by atoms with van der Waals surface area (Å²) in [5, 5.41) is 15.8. The number of anilines is 1. The molecule has 1 aromatic heterocycles. The van der Waals surface area contributed by atoms with E-state index in [0.717, 1.165) is 37.4 Å². The maximum Gasteiger partial charge on any atom is 0.279 e. The molecule has 1 unspecified atom stereocenters. The SMILES string of the molecule is COc1cc([N+](=O)[O-])ccc1NC(=O)C[NH+](Cc1cccs1)C[C@@H]1CCCO1. The van der Waals surface area contributed by atoms with E-state index in [0.29, 0.717) is 5.69 Å². The van der Waals surface area contributed by atoms with E-state index < -0.39 is 4.92 Å². The lowest BCUT2D eigenvalue weighted by Crippen LogP contribution is -3.12. The fourth-order valence-corrected chi connectivity index (χ4v) is 4.09. The van der Waals surface area contributed by atoms with Gasteiger partial charge in [-0.2, -0.15) is 0 Å². The van der Waals surface area contributed by atoms with Gasteiger partial charge in [0.15, 0.2) is 6.54 Å². The summed E-state index contributed by atoms with van der Waals surface area (Å²) >= 11 is 1.67. The van der Waals surface area contributed by atoms with Gasteiger partial charge < -0.3 is 19.7 Å². The molecule has 1 aliphatic heterocycles. The topological polar surface area (TPSA) is 95.1 Å². The zero-order valence-electron chi connectivity index (χ0n) is 15.7. The highest BCUT2D eigenvalue weighted by atomic mass is 32.1. The van der Waals surface area contributed by atoms with Crippen molar-refractivity contribution >= 4 is 28.6 Å². The predicted molar refractivity (Wildman–Crippen MR) is 106 cm³/mol. The lowest BCUT2D eigenvalue weighted by molar-refractivity contribution is -0.908. The minimum Gasteiger partial charge on any atom is -0.494 e. The van der Waals surface area contributed by atoms with Gasteiger partial charge in [0.05, 0.1) is 28.7 Å². The second-order valence-electron chi connectivity index (χ2n) is 6.71. The standard InChI is InChI=1S/C19H23N3O5S/c1-26-18-10-14(22(24)25)6-7-17(18)20-19(23)13-21(11-15-4-2-8-27-15)12-16-5-3-9-28-16/h3,5-7,9-10,15H,2,4,8,11-13H2,1H3,(H,20,23)/p+1/t15-/m0/s1. The Morgan fingerprint density at radius 1 is 1.46 bits per heavy atom. The molecule has 1 aromatic carbocycles. The predicted octanol–water partition coefficient (Wildman–Crippen LogP) is 1.87. The van der Waals surface area contributed by atoms with Crippen LogP contribution in [0.4, 0.5) is 11.4 Å². The van der Waals surface area contributed by atoms with Gasteiger partial charge in [-0.25, -0.2) is 0 Å². The van der Waals surface area contributed by atoms with Crippen molar-refractivity contribution in [3.8, 4) is 5.75 Å². The second-order valence-corrected chi connectivity index (χ2v) is 7.74. The number of hydrogen-bond donors (Lipinski definition) is 2. The Labute approximate surface area is 167 Å². The van der Waals surface area contributed by atoms with Crippen LogP contribution in [0.25, 0.3) is 0 Å². The fraction of sp³-hybridized carbons (Fsp3) is 0.421. The molecule has 0 aliphatic carbocycles. The number of amides is 1. The molecule has 0 spiro atoms. The first kappa shape index (κ1) is 20.2. The molecule has 0 bridgehead atoms. The molecular weight excluding hydrogens is 382 g/mol. The molecule has 0 saturated carbocycles. The fourth-order valence-electron chi connectivity index (χ4n) is 3.31. The Balaban J connectivity index is 1.66. The third kappa shape index (κ3) is 5.51. The molecule has 8 nitrogen and oxygen atoms in total. The molecule has 1 aliphatic rings. The zero-order chi connectivity index (χ0) is 19.9. The van der Waals surface area contributed by atoms with E-state index in [4.69, 9.17) is 9.47 Å². The van der Waals surface area contributed by atoms with Gasteiger partial charge in [0.1, 0.15) is 24.9 Å². The number of carbonyl (C=O) groups excluding carboxylic acids is 1.